The van der Waals surface area contributed by atoms with Gasteiger partial charge in [0.25, 0.3) is 0 Å². The molecule has 0 unspecified atom stereocenters. The molecule has 0 aliphatic carbocycles. The molecule has 1 aromatic carbocycles. The van der Waals surface area contributed by atoms with Crippen LogP contribution < -0.4 is 5.73 Å². The summed E-state index contributed by atoms with van der Waals surface area (Å²) in [5.74, 6) is 0.495. The van der Waals surface area contributed by atoms with Gasteiger partial charge in [-0.15, -0.1) is 11.3 Å². The van der Waals surface area contributed by atoms with Gasteiger partial charge < -0.3 is 5.73 Å². The minimum Gasteiger partial charge on any atom is -0.383 e. The van der Waals surface area contributed by atoms with Gasteiger partial charge in [-0.1, -0.05) is 23.7 Å². The van der Waals surface area contributed by atoms with Crippen molar-refractivity contribution in [3.8, 4) is 21.8 Å². The Kier molecular flexibility index (Phi) is 3.19. The van der Waals surface area contributed by atoms with Crippen molar-refractivity contribution in [3.05, 3.63) is 53.0 Å². The van der Waals surface area contributed by atoms with E-state index in [0.29, 0.717) is 10.8 Å². The largest absolute Gasteiger partial charge is 0.383 e. The number of rotatable bonds is 2. The minimum absolute atomic E-state index is 0.495. The standard InChI is InChI=1S/C14H10ClN3S/c15-10-4-1-3-9(7-10)12-8-19-14(18-12)11-5-2-6-17-13(11)16/h1-8H,(H2,16,17). The van der Waals surface area contributed by atoms with Crippen molar-refractivity contribution < 1.29 is 0 Å². The van der Waals surface area contributed by atoms with Crippen molar-refractivity contribution in [1.82, 2.24) is 9.97 Å². The number of pyridine rings is 1. The van der Waals surface area contributed by atoms with Crippen molar-refractivity contribution in [2.45, 2.75) is 0 Å². The molecule has 0 saturated heterocycles. The zero-order chi connectivity index (χ0) is 13.2. The van der Waals surface area contributed by atoms with E-state index in [4.69, 9.17) is 17.3 Å². The molecule has 0 amide bonds. The fourth-order valence-electron chi connectivity index (χ4n) is 1.78. The number of thiazole rings is 1. The number of aromatic nitrogens is 2. The second-order valence-corrected chi connectivity index (χ2v) is 5.28. The molecule has 5 heteroatoms. The summed E-state index contributed by atoms with van der Waals surface area (Å²) in [6.45, 7) is 0. The molecule has 2 aromatic heterocycles. The van der Waals surface area contributed by atoms with Crippen LogP contribution in [0, 0.1) is 0 Å². The van der Waals surface area contributed by atoms with Gasteiger partial charge in [-0.2, -0.15) is 0 Å². The van der Waals surface area contributed by atoms with Gasteiger partial charge in [-0.3, -0.25) is 0 Å². The molecular weight excluding hydrogens is 278 g/mol. The highest BCUT2D eigenvalue weighted by Gasteiger charge is 2.09. The Hall–Kier alpha value is -1.91. The highest BCUT2D eigenvalue weighted by molar-refractivity contribution is 7.13. The maximum atomic E-state index is 5.99. The van der Waals surface area contributed by atoms with E-state index in [1.165, 1.54) is 0 Å². The van der Waals surface area contributed by atoms with Gasteiger partial charge in [0.05, 0.1) is 11.3 Å². The van der Waals surface area contributed by atoms with E-state index in [0.717, 1.165) is 21.8 Å². The molecule has 0 aliphatic rings. The third kappa shape index (κ3) is 2.45. The van der Waals surface area contributed by atoms with Crippen molar-refractivity contribution in [2.24, 2.45) is 0 Å². The number of nitrogens with zero attached hydrogens (tertiary/aromatic N) is 2. The zero-order valence-corrected chi connectivity index (χ0v) is 11.4. The van der Waals surface area contributed by atoms with E-state index in [2.05, 4.69) is 9.97 Å². The number of anilines is 1. The fourth-order valence-corrected chi connectivity index (χ4v) is 2.83. The van der Waals surface area contributed by atoms with E-state index in [-0.39, 0.29) is 0 Å². The first kappa shape index (κ1) is 12.1. The summed E-state index contributed by atoms with van der Waals surface area (Å²) in [5.41, 5.74) is 8.61. The maximum Gasteiger partial charge on any atom is 0.133 e. The van der Waals surface area contributed by atoms with Crippen molar-refractivity contribution in [2.75, 3.05) is 5.73 Å². The number of nitrogens with two attached hydrogens (primary N) is 1. The van der Waals surface area contributed by atoms with Crippen LogP contribution in [0.1, 0.15) is 0 Å². The van der Waals surface area contributed by atoms with Crippen LogP contribution >= 0.6 is 22.9 Å². The number of nitrogen functional groups attached to an aromatic ring is 1. The van der Waals surface area contributed by atoms with Crippen LogP contribution in [0.3, 0.4) is 0 Å². The third-order valence-electron chi connectivity index (χ3n) is 2.69. The van der Waals surface area contributed by atoms with Gasteiger partial charge in [0, 0.05) is 22.2 Å². The lowest BCUT2D eigenvalue weighted by Crippen LogP contribution is -1.92. The lowest BCUT2D eigenvalue weighted by molar-refractivity contribution is 1.32. The molecule has 0 spiro atoms. The highest BCUT2D eigenvalue weighted by atomic mass is 35.5. The molecule has 0 atom stereocenters. The predicted molar refractivity (Wildman–Crippen MR) is 80.2 cm³/mol. The Morgan fingerprint density at radius 2 is 2.05 bits per heavy atom. The molecule has 3 nitrogen and oxygen atoms in total. The number of hydrogen-bond acceptors (Lipinski definition) is 4. The molecular formula is C14H10ClN3S. The molecule has 0 fully saturated rings. The number of hydrogen-bond donors (Lipinski definition) is 1. The van der Waals surface area contributed by atoms with E-state index >= 15 is 0 Å². The van der Waals surface area contributed by atoms with Crippen molar-refractivity contribution in [3.63, 3.8) is 0 Å². The Labute approximate surface area is 119 Å². The van der Waals surface area contributed by atoms with Gasteiger partial charge in [-0.25, -0.2) is 9.97 Å². The lowest BCUT2D eigenvalue weighted by Gasteiger charge is -2.00. The van der Waals surface area contributed by atoms with E-state index in [1.807, 2.05) is 41.8 Å². The summed E-state index contributed by atoms with van der Waals surface area (Å²) >= 11 is 7.53. The van der Waals surface area contributed by atoms with E-state index in [1.54, 1.807) is 17.5 Å². The van der Waals surface area contributed by atoms with Crippen molar-refractivity contribution in [1.29, 1.82) is 0 Å². The Morgan fingerprint density at radius 1 is 1.16 bits per heavy atom. The normalized spacial score (nSPS) is 10.6. The average molecular weight is 288 g/mol. The second kappa shape index (κ2) is 4.99. The maximum absolute atomic E-state index is 5.99. The summed E-state index contributed by atoms with van der Waals surface area (Å²) in [6, 6.07) is 11.4. The summed E-state index contributed by atoms with van der Waals surface area (Å²) in [5, 5.41) is 3.56. The first-order valence-electron chi connectivity index (χ1n) is 5.66. The third-order valence-corrected chi connectivity index (χ3v) is 3.80. The Morgan fingerprint density at radius 3 is 2.84 bits per heavy atom. The summed E-state index contributed by atoms with van der Waals surface area (Å²) in [6.07, 6.45) is 1.67. The van der Waals surface area contributed by atoms with Crippen LogP contribution in [-0.2, 0) is 0 Å². The van der Waals surface area contributed by atoms with Crippen molar-refractivity contribution >= 4 is 28.8 Å². The number of benzene rings is 1. The molecule has 94 valence electrons. The van der Waals surface area contributed by atoms with Gasteiger partial charge >= 0.3 is 0 Å². The first-order valence-corrected chi connectivity index (χ1v) is 6.92. The van der Waals surface area contributed by atoms with Crippen LogP contribution in [0.5, 0.6) is 0 Å². The van der Waals surface area contributed by atoms with E-state index < -0.39 is 0 Å². The zero-order valence-electron chi connectivity index (χ0n) is 9.88. The van der Waals surface area contributed by atoms with Gasteiger partial charge in [0.2, 0.25) is 0 Å². The van der Waals surface area contributed by atoms with Crippen LogP contribution in [0.4, 0.5) is 5.82 Å². The Balaban J connectivity index is 2.03. The van der Waals surface area contributed by atoms with Crippen LogP contribution in [0.25, 0.3) is 21.8 Å². The molecule has 3 aromatic rings. The molecule has 0 saturated carbocycles. The monoisotopic (exact) mass is 287 g/mol. The second-order valence-electron chi connectivity index (χ2n) is 3.98. The smallest absolute Gasteiger partial charge is 0.133 e. The van der Waals surface area contributed by atoms with Crippen LogP contribution in [0.2, 0.25) is 5.02 Å². The topological polar surface area (TPSA) is 51.8 Å². The van der Waals surface area contributed by atoms with Gasteiger partial charge in [0.15, 0.2) is 0 Å². The summed E-state index contributed by atoms with van der Waals surface area (Å²) in [4.78, 5) is 8.67. The molecule has 0 bridgehead atoms. The minimum atomic E-state index is 0.495. The summed E-state index contributed by atoms with van der Waals surface area (Å²) in [7, 11) is 0. The lowest BCUT2D eigenvalue weighted by atomic mass is 10.2. The summed E-state index contributed by atoms with van der Waals surface area (Å²) < 4.78 is 0. The van der Waals surface area contributed by atoms with Gasteiger partial charge in [-0.05, 0) is 24.3 Å². The predicted octanol–water partition coefficient (Wildman–Crippen LogP) is 4.11. The number of halogens is 1. The average Bonchev–Trinajstić information content (AvgIpc) is 2.89. The molecule has 2 heterocycles. The molecule has 3 rings (SSSR count). The molecule has 0 radical (unpaired) electrons. The van der Waals surface area contributed by atoms with E-state index in [9.17, 15) is 0 Å². The van der Waals surface area contributed by atoms with Crippen LogP contribution in [-0.4, -0.2) is 9.97 Å². The van der Waals surface area contributed by atoms with Gasteiger partial charge in [0.1, 0.15) is 10.8 Å². The first-order chi connectivity index (χ1) is 9.24. The fraction of sp³-hybridized carbons (Fsp3) is 0. The highest BCUT2D eigenvalue weighted by Crippen LogP contribution is 2.31. The molecule has 0 aliphatic heterocycles. The SMILES string of the molecule is Nc1ncccc1-c1nc(-c2cccc(Cl)c2)cs1. The molecule has 19 heavy (non-hydrogen) atoms. The van der Waals surface area contributed by atoms with Crippen LogP contribution in [0.15, 0.2) is 48.0 Å². The molecule has 2 N–H and O–H groups in total. The Bertz CT molecular complexity index is 724. The quantitative estimate of drug-likeness (QED) is 0.772.